The zero-order valence-electron chi connectivity index (χ0n) is 14.3. The number of anilines is 1. The molecule has 130 valence electrons. The molecule has 1 saturated heterocycles. The lowest BCUT2D eigenvalue weighted by Crippen LogP contribution is -2.15. The predicted octanol–water partition coefficient (Wildman–Crippen LogP) is 2.60. The molecular formula is C18H22N6O. The van der Waals surface area contributed by atoms with Crippen molar-refractivity contribution >= 4 is 16.7 Å². The molecule has 7 heteroatoms. The molecule has 3 aromatic rings. The van der Waals surface area contributed by atoms with E-state index in [4.69, 9.17) is 4.74 Å². The van der Waals surface area contributed by atoms with Crippen LogP contribution in [0.4, 0.5) is 5.82 Å². The van der Waals surface area contributed by atoms with E-state index in [-0.39, 0.29) is 0 Å². The molecule has 1 fully saturated rings. The normalized spacial score (nSPS) is 15.6. The lowest BCUT2D eigenvalue weighted by Gasteiger charge is -2.18. The van der Waals surface area contributed by atoms with Gasteiger partial charge in [-0.05, 0) is 31.4 Å². The Kier molecular flexibility index (Phi) is 4.56. The summed E-state index contributed by atoms with van der Waals surface area (Å²) in [6.45, 7) is 4.42. The minimum atomic E-state index is 0.417. The van der Waals surface area contributed by atoms with E-state index in [2.05, 4.69) is 43.5 Å². The number of nitrogens with one attached hydrogen (secondary N) is 2. The largest absolute Gasteiger partial charge is 0.381 e. The van der Waals surface area contributed by atoms with Crippen LogP contribution >= 0.6 is 0 Å². The maximum atomic E-state index is 5.40. The standard InChI is InChI=1S/C18H22N6O/c1-12-3-2-4-14-16(12)18(21-11-20-14)19-8-5-15-22-17(24-23-15)13-6-9-25-10-7-13/h2-4,11,13H,5-10H2,1H3,(H,19,20,21)(H,22,23,24). The van der Waals surface area contributed by atoms with Crippen LogP contribution in [-0.4, -0.2) is 44.9 Å². The van der Waals surface area contributed by atoms with Crippen LogP contribution in [0.2, 0.25) is 0 Å². The monoisotopic (exact) mass is 338 g/mol. The van der Waals surface area contributed by atoms with Crippen molar-refractivity contribution in [2.24, 2.45) is 0 Å². The van der Waals surface area contributed by atoms with Crippen LogP contribution < -0.4 is 5.32 Å². The van der Waals surface area contributed by atoms with Crippen molar-refractivity contribution in [2.75, 3.05) is 25.1 Å². The van der Waals surface area contributed by atoms with Gasteiger partial charge in [0, 0.05) is 37.5 Å². The van der Waals surface area contributed by atoms with Gasteiger partial charge in [0.15, 0.2) is 5.82 Å². The van der Waals surface area contributed by atoms with E-state index in [0.29, 0.717) is 5.92 Å². The van der Waals surface area contributed by atoms with Gasteiger partial charge in [0.25, 0.3) is 0 Å². The minimum absolute atomic E-state index is 0.417. The molecule has 2 aromatic heterocycles. The van der Waals surface area contributed by atoms with E-state index in [1.165, 1.54) is 5.56 Å². The highest BCUT2D eigenvalue weighted by Crippen LogP contribution is 2.24. The average Bonchev–Trinajstić information content (AvgIpc) is 3.12. The molecule has 0 aliphatic carbocycles. The van der Waals surface area contributed by atoms with Gasteiger partial charge in [-0.1, -0.05) is 12.1 Å². The Balaban J connectivity index is 1.41. The van der Waals surface area contributed by atoms with Crippen molar-refractivity contribution in [3.05, 3.63) is 41.7 Å². The molecular weight excluding hydrogens is 316 g/mol. The van der Waals surface area contributed by atoms with Crippen LogP contribution in [0.1, 0.15) is 36.0 Å². The molecule has 0 amide bonds. The second kappa shape index (κ2) is 7.14. The molecule has 0 bridgehead atoms. The SMILES string of the molecule is Cc1cccc2ncnc(NCCc3nc(C4CCOCC4)n[nH]3)c12. The van der Waals surface area contributed by atoms with Gasteiger partial charge in [0.05, 0.1) is 5.52 Å². The minimum Gasteiger partial charge on any atom is -0.381 e. The Morgan fingerprint density at radius 2 is 2.12 bits per heavy atom. The summed E-state index contributed by atoms with van der Waals surface area (Å²) < 4.78 is 5.40. The Morgan fingerprint density at radius 3 is 3.00 bits per heavy atom. The van der Waals surface area contributed by atoms with Crippen molar-refractivity contribution < 1.29 is 4.74 Å². The van der Waals surface area contributed by atoms with E-state index in [0.717, 1.165) is 67.4 Å². The van der Waals surface area contributed by atoms with Gasteiger partial charge in [0.1, 0.15) is 18.0 Å². The third-order valence-corrected chi connectivity index (χ3v) is 4.66. The third kappa shape index (κ3) is 3.46. The molecule has 0 unspecified atom stereocenters. The first-order valence-corrected chi connectivity index (χ1v) is 8.74. The van der Waals surface area contributed by atoms with Crippen LogP contribution in [0.5, 0.6) is 0 Å². The van der Waals surface area contributed by atoms with Gasteiger partial charge in [-0.2, -0.15) is 5.10 Å². The first-order valence-electron chi connectivity index (χ1n) is 8.74. The van der Waals surface area contributed by atoms with Gasteiger partial charge in [-0.3, -0.25) is 5.10 Å². The van der Waals surface area contributed by atoms with Crippen LogP contribution in [0.15, 0.2) is 24.5 Å². The smallest absolute Gasteiger partial charge is 0.153 e. The van der Waals surface area contributed by atoms with Crippen LogP contribution in [-0.2, 0) is 11.2 Å². The number of hydrogen-bond donors (Lipinski definition) is 2. The highest BCUT2D eigenvalue weighted by atomic mass is 16.5. The lowest BCUT2D eigenvalue weighted by molar-refractivity contribution is 0.0836. The van der Waals surface area contributed by atoms with Gasteiger partial charge in [-0.25, -0.2) is 15.0 Å². The van der Waals surface area contributed by atoms with E-state index >= 15 is 0 Å². The summed E-state index contributed by atoms with van der Waals surface area (Å²) in [6, 6.07) is 6.10. The van der Waals surface area contributed by atoms with Crippen LogP contribution in [0, 0.1) is 6.92 Å². The topological polar surface area (TPSA) is 88.6 Å². The van der Waals surface area contributed by atoms with Gasteiger partial charge in [0.2, 0.25) is 0 Å². The number of hydrogen-bond acceptors (Lipinski definition) is 6. The molecule has 3 heterocycles. The Morgan fingerprint density at radius 1 is 1.24 bits per heavy atom. The number of fused-ring (bicyclic) bond motifs is 1. The molecule has 1 aliphatic heterocycles. The lowest BCUT2D eigenvalue weighted by atomic mass is 10.00. The van der Waals surface area contributed by atoms with E-state index < -0.39 is 0 Å². The fourth-order valence-electron chi connectivity index (χ4n) is 3.27. The number of nitrogens with zero attached hydrogens (tertiary/aromatic N) is 4. The number of H-pyrrole nitrogens is 1. The highest BCUT2D eigenvalue weighted by molar-refractivity contribution is 5.91. The van der Waals surface area contributed by atoms with Crippen molar-refractivity contribution in [2.45, 2.75) is 32.1 Å². The zero-order chi connectivity index (χ0) is 17.1. The van der Waals surface area contributed by atoms with Crippen molar-refractivity contribution in [3.63, 3.8) is 0 Å². The fraction of sp³-hybridized carbons (Fsp3) is 0.444. The predicted molar refractivity (Wildman–Crippen MR) is 95.6 cm³/mol. The van der Waals surface area contributed by atoms with Crippen LogP contribution in [0.25, 0.3) is 10.9 Å². The first kappa shape index (κ1) is 16.0. The van der Waals surface area contributed by atoms with E-state index in [9.17, 15) is 0 Å². The fourth-order valence-corrected chi connectivity index (χ4v) is 3.27. The van der Waals surface area contributed by atoms with Gasteiger partial charge in [-0.15, -0.1) is 0 Å². The number of ether oxygens (including phenoxy) is 1. The Bertz CT molecular complexity index is 850. The third-order valence-electron chi connectivity index (χ3n) is 4.66. The summed E-state index contributed by atoms with van der Waals surface area (Å²) in [7, 11) is 0. The van der Waals surface area contributed by atoms with Gasteiger partial charge >= 0.3 is 0 Å². The Hall–Kier alpha value is -2.54. The van der Waals surface area contributed by atoms with E-state index in [1.54, 1.807) is 6.33 Å². The summed E-state index contributed by atoms with van der Waals surface area (Å²) in [5.41, 5.74) is 2.13. The average molecular weight is 338 g/mol. The number of aromatic nitrogens is 5. The molecule has 1 aromatic carbocycles. The maximum absolute atomic E-state index is 5.40. The van der Waals surface area contributed by atoms with E-state index in [1.807, 2.05) is 12.1 Å². The number of benzene rings is 1. The molecule has 2 N–H and O–H groups in total. The maximum Gasteiger partial charge on any atom is 0.153 e. The first-order chi connectivity index (χ1) is 12.3. The summed E-state index contributed by atoms with van der Waals surface area (Å²) >= 11 is 0. The molecule has 0 atom stereocenters. The molecule has 0 spiro atoms. The summed E-state index contributed by atoms with van der Waals surface area (Å²) in [6.07, 6.45) is 4.37. The second-order valence-corrected chi connectivity index (χ2v) is 6.40. The van der Waals surface area contributed by atoms with Crippen LogP contribution in [0.3, 0.4) is 0 Å². The molecule has 25 heavy (non-hydrogen) atoms. The summed E-state index contributed by atoms with van der Waals surface area (Å²) in [5.74, 6) is 3.11. The second-order valence-electron chi connectivity index (χ2n) is 6.40. The Labute approximate surface area is 146 Å². The van der Waals surface area contributed by atoms with Crippen molar-refractivity contribution in [3.8, 4) is 0 Å². The van der Waals surface area contributed by atoms with Gasteiger partial charge < -0.3 is 10.1 Å². The molecule has 1 aliphatic rings. The highest BCUT2D eigenvalue weighted by Gasteiger charge is 2.20. The molecule has 7 nitrogen and oxygen atoms in total. The summed E-state index contributed by atoms with van der Waals surface area (Å²) in [4.78, 5) is 13.4. The number of aromatic amines is 1. The molecule has 4 rings (SSSR count). The van der Waals surface area contributed by atoms with Crippen molar-refractivity contribution in [1.29, 1.82) is 0 Å². The number of aryl methyl sites for hydroxylation is 1. The van der Waals surface area contributed by atoms with Crippen molar-refractivity contribution in [1.82, 2.24) is 25.1 Å². The molecule has 0 saturated carbocycles. The molecule has 0 radical (unpaired) electrons. The number of rotatable bonds is 5. The zero-order valence-corrected chi connectivity index (χ0v) is 14.3. The quantitative estimate of drug-likeness (QED) is 0.743. The summed E-state index contributed by atoms with van der Waals surface area (Å²) in [5, 5.41) is 11.9.